The molecule has 0 N–H and O–H groups in total. The van der Waals surface area contributed by atoms with E-state index in [4.69, 9.17) is 0 Å². The van der Waals surface area contributed by atoms with Crippen LogP contribution >= 0.6 is 0 Å². The Morgan fingerprint density at radius 1 is 1.21 bits per heavy atom. The molecule has 2 saturated heterocycles. The van der Waals surface area contributed by atoms with E-state index in [0.29, 0.717) is 12.1 Å². The van der Waals surface area contributed by atoms with E-state index < -0.39 is 15.1 Å². The average molecular weight is 352 g/mol. The Balaban J connectivity index is 1.79. The number of rotatable bonds is 3. The number of nitrogens with zero attached hydrogens (tertiary/aromatic N) is 4. The zero-order chi connectivity index (χ0) is 17.6. The van der Waals surface area contributed by atoms with Crippen LogP contribution in [0, 0.1) is 5.92 Å². The molecule has 2 aliphatic rings. The number of anilines is 1. The highest BCUT2D eigenvalue weighted by Gasteiger charge is 2.53. The van der Waals surface area contributed by atoms with Gasteiger partial charge in [0.25, 0.3) is 5.91 Å². The van der Waals surface area contributed by atoms with Crippen LogP contribution in [0.1, 0.15) is 10.4 Å². The van der Waals surface area contributed by atoms with Crippen LogP contribution in [0.2, 0.25) is 0 Å². The van der Waals surface area contributed by atoms with Crippen LogP contribution < -0.4 is 4.90 Å². The van der Waals surface area contributed by atoms with E-state index in [9.17, 15) is 13.2 Å². The molecule has 132 valence electrons. The van der Waals surface area contributed by atoms with Gasteiger partial charge in [0, 0.05) is 45.3 Å². The summed E-state index contributed by atoms with van der Waals surface area (Å²) in [5.41, 5.74) is 0.499. The van der Waals surface area contributed by atoms with Gasteiger partial charge < -0.3 is 14.7 Å². The van der Waals surface area contributed by atoms with Crippen molar-refractivity contribution >= 4 is 21.6 Å². The molecule has 0 spiro atoms. The zero-order valence-electron chi connectivity index (χ0n) is 14.5. The van der Waals surface area contributed by atoms with Crippen LogP contribution in [0.15, 0.2) is 18.3 Å². The van der Waals surface area contributed by atoms with Crippen LogP contribution in [0.3, 0.4) is 0 Å². The number of pyridine rings is 1. The van der Waals surface area contributed by atoms with Gasteiger partial charge in [-0.1, -0.05) is 0 Å². The van der Waals surface area contributed by atoms with Gasteiger partial charge in [-0.3, -0.25) is 4.79 Å². The zero-order valence-corrected chi connectivity index (χ0v) is 15.3. The van der Waals surface area contributed by atoms with Crippen molar-refractivity contribution in [2.24, 2.45) is 5.92 Å². The van der Waals surface area contributed by atoms with Gasteiger partial charge >= 0.3 is 0 Å². The lowest BCUT2D eigenvalue weighted by molar-refractivity contribution is 0.0779. The van der Waals surface area contributed by atoms with Gasteiger partial charge in [0.05, 0.1) is 16.6 Å². The smallest absolute Gasteiger partial charge is 0.255 e. The first kappa shape index (κ1) is 17.2. The summed E-state index contributed by atoms with van der Waals surface area (Å²) in [4.78, 5) is 22.5. The fourth-order valence-corrected chi connectivity index (χ4v) is 6.17. The Morgan fingerprint density at radius 3 is 2.46 bits per heavy atom. The Morgan fingerprint density at radius 2 is 1.92 bits per heavy atom. The minimum absolute atomic E-state index is 0.0112. The van der Waals surface area contributed by atoms with Crippen molar-refractivity contribution in [2.45, 2.75) is 11.3 Å². The maximum atomic E-state index is 12.7. The number of sulfone groups is 1. The summed E-state index contributed by atoms with van der Waals surface area (Å²) in [7, 11) is 4.43. The molecule has 1 amide bonds. The highest BCUT2D eigenvalue weighted by molar-refractivity contribution is 7.92. The molecule has 2 fully saturated rings. The van der Waals surface area contributed by atoms with E-state index in [1.807, 2.05) is 38.0 Å². The summed E-state index contributed by atoms with van der Waals surface area (Å²) in [5.74, 6) is 0.814. The first-order valence-electron chi connectivity index (χ1n) is 8.01. The standard InChI is InChI=1S/C16H24N4O3S/c1-18(2)13-10-24(22,23)14-9-20(8-12(13)14)16(21)11-5-6-15(17-7-11)19(3)4/h5-7,12-14H,8-10H2,1-4H3/t12-,13+,14-/m0/s1. The average Bonchev–Trinajstić information content (AvgIpc) is 3.06. The minimum Gasteiger partial charge on any atom is -0.363 e. The maximum absolute atomic E-state index is 12.7. The third-order valence-electron chi connectivity index (χ3n) is 5.07. The molecule has 3 atom stereocenters. The van der Waals surface area contributed by atoms with Gasteiger partial charge in [0.2, 0.25) is 0 Å². The van der Waals surface area contributed by atoms with Crippen molar-refractivity contribution < 1.29 is 13.2 Å². The van der Waals surface area contributed by atoms with Gasteiger partial charge in [-0.2, -0.15) is 0 Å². The quantitative estimate of drug-likeness (QED) is 0.759. The van der Waals surface area contributed by atoms with Crippen molar-refractivity contribution in [2.75, 3.05) is 51.9 Å². The van der Waals surface area contributed by atoms with E-state index in [-0.39, 0.29) is 30.2 Å². The predicted octanol–water partition coefficient (Wildman–Crippen LogP) is -0.0532. The van der Waals surface area contributed by atoms with Gasteiger partial charge in [0.1, 0.15) is 5.82 Å². The fraction of sp³-hybridized carbons (Fsp3) is 0.625. The summed E-state index contributed by atoms with van der Waals surface area (Å²) in [6.45, 7) is 0.770. The normalized spacial score (nSPS) is 28.2. The third-order valence-corrected chi connectivity index (χ3v) is 7.30. The molecule has 0 aliphatic carbocycles. The Bertz CT molecular complexity index is 730. The lowest BCUT2D eigenvalue weighted by atomic mass is 10.00. The first-order valence-corrected chi connectivity index (χ1v) is 9.73. The largest absolute Gasteiger partial charge is 0.363 e. The Labute approximate surface area is 143 Å². The van der Waals surface area contributed by atoms with Gasteiger partial charge in [-0.25, -0.2) is 13.4 Å². The minimum atomic E-state index is -3.14. The van der Waals surface area contributed by atoms with Crippen LogP contribution in [-0.2, 0) is 9.84 Å². The molecule has 0 saturated carbocycles. The molecule has 2 aliphatic heterocycles. The van der Waals surface area contributed by atoms with E-state index in [2.05, 4.69) is 4.98 Å². The number of carbonyl (C=O) groups is 1. The summed E-state index contributed by atoms with van der Waals surface area (Å²) in [5, 5.41) is -0.442. The number of fused-ring (bicyclic) bond motifs is 1. The van der Waals surface area contributed by atoms with E-state index in [1.54, 1.807) is 23.2 Å². The number of carbonyl (C=O) groups excluding carboxylic acids is 1. The molecule has 1 aromatic rings. The molecule has 3 heterocycles. The second-order valence-corrected chi connectivity index (χ2v) is 9.34. The van der Waals surface area contributed by atoms with Gasteiger partial charge in [-0.15, -0.1) is 0 Å². The molecule has 0 aromatic carbocycles. The Kier molecular flexibility index (Phi) is 4.29. The van der Waals surface area contributed by atoms with Crippen LogP contribution in [0.4, 0.5) is 5.82 Å². The van der Waals surface area contributed by atoms with E-state index in [1.165, 1.54) is 0 Å². The number of amides is 1. The molecular formula is C16H24N4O3S. The fourth-order valence-electron chi connectivity index (χ4n) is 3.69. The van der Waals surface area contributed by atoms with Crippen molar-refractivity contribution in [3.8, 4) is 0 Å². The highest BCUT2D eigenvalue weighted by Crippen LogP contribution is 2.36. The number of hydrogen-bond acceptors (Lipinski definition) is 6. The molecule has 0 radical (unpaired) electrons. The second kappa shape index (κ2) is 6.00. The number of hydrogen-bond donors (Lipinski definition) is 0. The molecule has 1 aromatic heterocycles. The molecule has 8 heteroatoms. The second-order valence-electron chi connectivity index (χ2n) is 7.07. The number of aromatic nitrogens is 1. The maximum Gasteiger partial charge on any atom is 0.255 e. The monoisotopic (exact) mass is 352 g/mol. The van der Waals surface area contributed by atoms with E-state index in [0.717, 1.165) is 5.82 Å². The Hall–Kier alpha value is -1.67. The first-order chi connectivity index (χ1) is 11.2. The van der Waals surface area contributed by atoms with Gasteiger partial charge in [0.15, 0.2) is 9.84 Å². The molecule has 3 rings (SSSR count). The molecule has 0 bridgehead atoms. The lowest BCUT2D eigenvalue weighted by Crippen LogP contribution is -2.38. The summed E-state index contributed by atoms with van der Waals surface area (Å²) < 4.78 is 24.8. The van der Waals surface area contributed by atoms with E-state index >= 15 is 0 Å². The topological polar surface area (TPSA) is 73.8 Å². The summed E-state index contributed by atoms with van der Waals surface area (Å²) in [6, 6.07) is 3.52. The van der Waals surface area contributed by atoms with Crippen molar-refractivity contribution in [3.63, 3.8) is 0 Å². The highest BCUT2D eigenvalue weighted by atomic mass is 32.2. The molecule has 7 nitrogen and oxygen atoms in total. The van der Waals surface area contributed by atoms with Crippen molar-refractivity contribution in [1.82, 2.24) is 14.8 Å². The number of likely N-dealkylation sites (tertiary alicyclic amines) is 1. The van der Waals surface area contributed by atoms with Crippen LogP contribution in [-0.4, -0.2) is 87.4 Å². The SMILES string of the molecule is CN(C)c1ccc(C(=O)N2C[C@H]3[C@H](N(C)C)CS(=O)(=O)[C@H]3C2)cn1. The van der Waals surface area contributed by atoms with Crippen molar-refractivity contribution in [3.05, 3.63) is 23.9 Å². The third kappa shape index (κ3) is 2.88. The summed E-state index contributed by atoms with van der Waals surface area (Å²) in [6.07, 6.45) is 1.56. The molecule has 24 heavy (non-hydrogen) atoms. The molecule has 0 unspecified atom stereocenters. The van der Waals surface area contributed by atoms with Gasteiger partial charge in [-0.05, 0) is 26.2 Å². The van der Waals surface area contributed by atoms with Crippen molar-refractivity contribution in [1.29, 1.82) is 0 Å². The predicted molar refractivity (Wildman–Crippen MR) is 93.0 cm³/mol. The lowest BCUT2D eigenvalue weighted by Gasteiger charge is -2.25. The van der Waals surface area contributed by atoms with Crippen LogP contribution in [0.5, 0.6) is 0 Å². The summed E-state index contributed by atoms with van der Waals surface area (Å²) >= 11 is 0. The molecular weight excluding hydrogens is 328 g/mol. The van der Waals surface area contributed by atoms with Crippen LogP contribution in [0.25, 0.3) is 0 Å².